The average Bonchev–Trinajstić information content (AvgIpc) is 2.49. The lowest BCUT2D eigenvalue weighted by Crippen LogP contribution is -1.90. The van der Waals surface area contributed by atoms with E-state index in [-0.39, 0.29) is 0 Å². The summed E-state index contributed by atoms with van der Waals surface area (Å²) in [6, 6.07) is 4.77. The van der Waals surface area contributed by atoms with Crippen LogP contribution in [0.2, 0.25) is 0 Å². The van der Waals surface area contributed by atoms with E-state index in [4.69, 9.17) is 0 Å². The van der Waals surface area contributed by atoms with Crippen LogP contribution < -0.4 is 0 Å². The van der Waals surface area contributed by atoms with Gasteiger partial charge in [0, 0.05) is 17.1 Å². The van der Waals surface area contributed by atoms with Gasteiger partial charge in [0.1, 0.15) is 0 Å². The van der Waals surface area contributed by atoms with Crippen molar-refractivity contribution in [2.45, 2.75) is 39.0 Å². The highest BCUT2D eigenvalue weighted by atomic mass is 14.7. The van der Waals surface area contributed by atoms with Gasteiger partial charge in [-0.2, -0.15) is 0 Å². The van der Waals surface area contributed by atoms with E-state index < -0.39 is 0 Å². The Labute approximate surface area is 90.5 Å². The third-order valence-corrected chi connectivity index (χ3v) is 3.60. The molecule has 0 saturated heterocycles. The quantitative estimate of drug-likeness (QED) is 0.622. The Balaban J connectivity index is 2.22. The van der Waals surface area contributed by atoms with E-state index in [1.807, 2.05) is 0 Å². The second-order valence-corrected chi connectivity index (χ2v) is 4.70. The van der Waals surface area contributed by atoms with Crippen LogP contribution in [0.4, 0.5) is 0 Å². The van der Waals surface area contributed by atoms with Crippen molar-refractivity contribution in [2.75, 3.05) is 0 Å². The van der Waals surface area contributed by atoms with Crippen LogP contribution in [0.1, 0.15) is 36.0 Å². The molecule has 0 aliphatic heterocycles. The molecule has 15 heavy (non-hydrogen) atoms. The number of aromatic amines is 1. The summed E-state index contributed by atoms with van der Waals surface area (Å²) < 4.78 is 0. The summed E-state index contributed by atoms with van der Waals surface area (Å²) in [7, 11) is 0. The first kappa shape index (κ1) is 9.02. The zero-order valence-corrected chi connectivity index (χ0v) is 9.27. The number of rotatable bonds is 0. The minimum Gasteiger partial charge on any atom is -0.361 e. The Bertz CT molecular complexity index is 493. The van der Waals surface area contributed by atoms with Gasteiger partial charge in [0.05, 0.1) is 0 Å². The Morgan fingerprint density at radius 1 is 1.00 bits per heavy atom. The largest absolute Gasteiger partial charge is 0.361 e. The van der Waals surface area contributed by atoms with Gasteiger partial charge < -0.3 is 4.98 Å². The number of nitrogens with one attached hydrogen (secondary N) is 1. The van der Waals surface area contributed by atoms with E-state index in [1.54, 1.807) is 11.1 Å². The van der Waals surface area contributed by atoms with Gasteiger partial charge in [0.25, 0.3) is 0 Å². The third-order valence-electron chi connectivity index (χ3n) is 3.60. The van der Waals surface area contributed by atoms with Crippen LogP contribution in [-0.4, -0.2) is 4.98 Å². The van der Waals surface area contributed by atoms with Gasteiger partial charge in [-0.1, -0.05) is 6.42 Å². The summed E-state index contributed by atoms with van der Waals surface area (Å²) in [6.07, 6.45) is 8.77. The SMILES string of the molecule is Cc1c[nH]c2cc3c(cc12)CCCCC3. The highest BCUT2D eigenvalue weighted by molar-refractivity contribution is 5.84. The molecule has 1 N–H and O–H groups in total. The van der Waals surface area contributed by atoms with Gasteiger partial charge in [-0.15, -0.1) is 0 Å². The lowest BCUT2D eigenvalue weighted by Gasteiger charge is -2.05. The standard InChI is InChI=1S/C14H17N/c1-10-9-15-14-8-12-6-4-2-3-5-11(12)7-13(10)14/h7-9,15H,2-6H2,1H3. The highest BCUT2D eigenvalue weighted by Crippen LogP contribution is 2.27. The smallest absolute Gasteiger partial charge is 0.0459 e. The number of benzene rings is 1. The minimum atomic E-state index is 1.27. The number of H-pyrrole nitrogens is 1. The molecule has 0 spiro atoms. The first-order chi connectivity index (χ1) is 7.34. The number of aryl methyl sites for hydroxylation is 3. The molecule has 1 heteroatoms. The fourth-order valence-electron chi connectivity index (χ4n) is 2.67. The fourth-order valence-corrected chi connectivity index (χ4v) is 2.67. The molecule has 0 amide bonds. The molecule has 1 aromatic carbocycles. The first-order valence-corrected chi connectivity index (χ1v) is 5.94. The second-order valence-electron chi connectivity index (χ2n) is 4.70. The van der Waals surface area contributed by atoms with Crippen molar-refractivity contribution < 1.29 is 0 Å². The molecule has 78 valence electrons. The van der Waals surface area contributed by atoms with Crippen molar-refractivity contribution in [3.63, 3.8) is 0 Å². The molecule has 1 aliphatic carbocycles. The maximum Gasteiger partial charge on any atom is 0.0459 e. The lowest BCUT2D eigenvalue weighted by molar-refractivity contribution is 0.712. The summed E-state index contributed by atoms with van der Waals surface area (Å²) in [5, 5.41) is 1.41. The Morgan fingerprint density at radius 2 is 1.73 bits per heavy atom. The van der Waals surface area contributed by atoms with E-state index in [0.29, 0.717) is 0 Å². The zero-order chi connectivity index (χ0) is 10.3. The van der Waals surface area contributed by atoms with E-state index in [0.717, 1.165) is 0 Å². The molecule has 0 unspecified atom stereocenters. The van der Waals surface area contributed by atoms with E-state index in [9.17, 15) is 0 Å². The Morgan fingerprint density at radius 3 is 2.53 bits per heavy atom. The van der Waals surface area contributed by atoms with Crippen molar-refractivity contribution in [3.05, 3.63) is 35.0 Å². The molecule has 1 heterocycles. The van der Waals surface area contributed by atoms with Gasteiger partial charge in [0.2, 0.25) is 0 Å². The highest BCUT2D eigenvalue weighted by Gasteiger charge is 2.10. The van der Waals surface area contributed by atoms with Crippen molar-refractivity contribution in [2.24, 2.45) is 0 Å². The van der Waals surface area contributed by atoms with Crippen LogP contribution in [0.15, 0.2) is 18.3 Å². The number of hydrogen-bond donors (Lipinski definition) is 1. The van der Waals surface area contributed by atoms with Crippen LogP contribution >= 0.6 is 0 Å². The maximum absolute atomic E-state index is 3.36. The lowest BCUT2D eigenvalue weighted by atomic mass is 10.00. The van der Waals surface area contributed by atoms with Crippen LogP contribution in [0, 0.1) is 6.92 Å². The average molecular weight is 199 g/mol. The number of fused-ring (bicyclic) bond motifs is 2. The van der Waals surface area contributed by atoms with Gasteiger partial charge in [0.15, 0.2) is 0 Å². The van der Waals surface area contributed by atoms with Gasteiger partial charge in [-0.3, -0.25) is 0 Å². The van der Waals surface area contributed by atoms with Crippen LogP contribution in [-0.2, 0) is 12.8 Å². The molecule has 3 rings (SSSR count). The topological polar surface area (TPSA) is 15.8 Å². The molecule has 2 aromatic rings. The minimum absolute atomic E-state index is 1.27. The molecular weight excluding hydrogens is 182 g/mol. The summed E-state index contributed by atoms with van der Waals surface area (Å²) in [4.78, 5) is 3.36. The zero-order valence-electron chi connectivity index (χ0n) is 9.27. The molecule has 0 atom stereocenters. The van der Waals surface area contributed by atoms with Crippen molar-refractivity contribution in [1.82, 2.24) is 4.98 Å². The Kier molecular flexibility index (Phi) is 2.05. The summed E-state index contributed by atoms with van der Waals surface area (Å²) in [6.45, 7) is 2.18. The second kappa shape index (κ2) is 3.41. The number of aromatic nitrogens is 1. The van der Waals surface area contributed by atoms with E-state index in [2.05, 4.69) is 30.2 Å². The van der Waals surface area contributed by atoms with Gasteiger partial charge in [-0.25, -0.2) is 0 Å². The molecule has 1 aromatic heterocycles. The third kappa shape index (κ3) is 1.46. The van der Waals surface area contributed by atoms with Crippen molar-refractivity contribution in [1.29, 1.82) is 0 Å². The van der Waals surface area contributed by atoms with Gasteiger partial charge >= 0.3 is 0 Å². The van der Waals surface area contributed by atoms with Crippen LogP contribution in [0.3, 0.4) is 0 Å². The maximum atomic E-state index is 3.36. The molecular formula is C14H17N. The molecule has 0 bridgehead atoms. The fraction of sp³-hybridized carbons (Fsp3) is 0.429. The summed E-state index contributed by atoms with van der Waals surface area (Å²) >= 11 is 0. The van der Waals surface area contributed by atoms with Crippen LogP contribution in [0.25, 0.3) is 10.9 Å². The van der Waals surface area contributed by atoms with Gasteiger partial charge in [-0.05, 0) is 61.4 Å². The predicted molar refractivity (Wildman–Crippen MR) is 64.3 cm³/mol. The monoisotopic (exact) mass is 199 g/mol. The molecule has 0 radical (unpaired) electrons. The van der Waals surface area contributed by atoms with Crippen molar-refractivity contribution in [3.8, 4) is 0 Å². The molecule has 1 nitrogen and oxygen atoms in total. The summed E-state index contributed by atoms with van der Waals surface area (Å²) in [5.74, 6) is 0. The number of hydrogen-bond acceptors (Lipinski definition) is 0. The Hall–Kier alpha value is -1.24. The van der Waals surface area contributed by atoms with Crippen molar-refractivity contribution >= 4 is 10.9 Å². The first-order valence-electron chi connectivity index (χ1n) is 5.94. The molecule has 1 aliphatic rings. The van der Waals surface area contributed by atoms with Crippen LogP contribution in [0.5, 0.6) is 0 Å². The van der Waals surface area contributed by atoms with E-state index >= 15 is 0 Å². The summed E-state index contributed by atoms with van der Waals surface area (Å²) in [5.41, 5.74) is 5.84. The molecule has 0 saturated carbocycles. The normalized spacial score (nSPS) is 16.3. The van der Waals surface area contributed by atoms with E-state index in [1.165, 1.54) is 48.6 Å². The predicted octanol–water partition coefficient (Wildman–Crippen LogP) is 3.75. The molecule has 0 fully saturated rings.